The molecule has 0 aliphatic carbocycles. The first-order valence-electron chi connectivity index (χ1n) is 7.90. The number of nitrogens with zero attached hydrogens (tertiary/aromatic N) is 3. The summed E-state index contributed by atoms with van der Waals surface area (Å²) >= 11 is 1.23. The van der Waals surface area contributed by atoms with Crippen molar-refractivity contribution in [2.24, 2.45) is 0 Å². The van der Waals surface area contributed by atoms with Crippen LogP contribution in [0.25, 0.3) is 0 Å². The molecule has 0 spiro atoms. The summed E-state index contributed by atoms with van der Waals surface area (Å²) in [6.45, 7) is 3.52. The van der Waals surface area contributed by atoms with Crippen molar-refractivity contribution in [1.29, 1.82) is 0 Å². The van der Waals surface area contributed by atoms with Crippen LogP contribution < -0.4 is 5.32 Å². The van der Waals surface area contributed by atoms with Gasteiger partial charge in [-0.2, -0.15) is 0 Å². The minimum Gasteiger partial charge on any atom is -0.466 e. The largest absolute Gasteiger partial charge is 0.466 e. The minimum absolute atomic E-state index is 0.0627. The van der Waals surface area contributed by atoms with Crippen molar-refractivity contribution in [2.45, 2.75) is 19.8 Å². The first-order valence-corrected chi connectivity index (χ1v) is 10.6. The number of hydrogen-bond donors (Lipinski definition) is 1. The lowest BCUT2D eigenvalue weighted by molar-refractivity contribution is -0.142. The normalized spacial score (nSPS) is 16.3. The van der Waals surface area contributed by atoms with Crippen LogP contribution in [0.1, 0.15) is 19.0 Å². The lowest BCUT2D eigenvalue weighted by Crippen LogP contribution is -2.39. The number of esters is 1. The van der Waals surface area contributed by atoms with Crippen LogP contribution in [0.5, 0.6) is 0 Å². The minimum atomic E-state index is -3.25. The smallest absolute Gasteiger partial charge is 0.323 e. The molecule has 2 amide bonds. The number of sulfonamides is 1. The Morgan fingerprint density at radius 1 is 1.32 bits per heavy atom. The summed E-state index contributed by atoms with van der Waals surface area (Å²) in [4.78, 5) is 29.5. The van der Waals surface area contributed by atoms with Gasteiger partial charge in [-0.15, -0.1) is 11.3 Å². The third-order valence-electron chi connectivity index (χ3n) is 3.61. The number of thiazole rings is 1. The van der Waals surface area contributed by atoms with Gasteiger partial charge in [-0.1, -0.05) is 0 Å². The van der Waals surface area contributed by atoms with Gasteiger partial charge in [0.25, 0.3) is 0 Å². The van der Waals surface area contributed by atoms with Crippen LogP contribution in [0.15, 0.2) is 5.38 Å². The van der Waals surface area contributed by atoms with Crippen molar-refractivity contribution >= 4 is 38.5 Å². The molecule has 0 saturated carbocycles. The fourth-order valence-corrected chi connectivity index (χ4v) is 3.98. The predicted octanol–water partition coefficient (Wildman–Crippen LogP) is 0.748. The van der Waals surface area contributed by atoms with Crippen molar-refractivity contribution < 1.29 is 22.7 Å². The zero-order valence-corrected chi connectivity index (χ0v) is 15.9. The third kappa shape index (κ3) is 5.94. The van der Waals surface area contributed by atoms with E-state index in [1.807, 2.05) is 0 Å². The summed E-state index contributed by atoms with van der Waals surface area (Å²) in [6.07, 6.45) is 1.81. The molecule has 1 aliphatic rings. The second-order valence-electron chi connectivity index (χ2n) is 5.56. The van der Waals surface area contributed by atoms with Gasteiger partial charge in [-0.05, 0) is 13.3 Å². The number of ether oxygens (including phenoxy) is 1. The molecule has 0 aromatic carbocycles. The molecule has 1 fully saturated rings. The lowest BCUT2D eigenvalue weighted by Gasteiger charge is -2.20. The van der Waals surface area contributed by atoms with E-state index in [4.69, 9.17) is 4.74 Å². The van der Waals surface area contributed by atoms with Crippen LogP contribution in [0.2, 0.25) is 0 Å². The number of rotatable bonds is 5. The first kappa shape index (κ1) is 19.6. The molecule has 0 bridgehead atoms. The number of aromatic nitrogens is 1. The van der Waals surface area contributed by atoms with Gasteiger partial charge < -0.3 is 9.64 Å². The van der Waals surface area contributed by atoms with Crippen molar-refractivity contribution in [3.8, 4) is 0 Å². The molecule has 2 heterocycles. The molecule has 11 heteroatoms. The topological polar surface area (TPSA) is 109 Å². The third-order valence-corrected chi connectivity index (χ3v) is 5.72. The van der Waals surface area contributed by atoms with Gasteiger partial charge in [0.1, 0.15) is 0 Å². The molecule has 25 heavy (non-hydrogen) atoms. The zero-order chi connectivity index (χ0) is 18.4. The molecule has 140 valence electrons. The summed E-state index contributed by atoms with van der Waals surface area (Å²) in [7, 11) is -3.25. The van der Waals surface area contributed by atoms with E-state index >= 15 is 0 Å². The second-order valence-corrected chi connectivity index (χ2v) is 8.40. The molecule has 1 aliphatic heterocycles. The predicted molar refractivity (Wildman–Crippen MR) is 94.1 cm³/mol. The number of nitrogens with one attached hydrogen (secondary N) is 1. The molecule has 1 aromatic heterocycles. The number of hydrogen-bond acceptors (Lipinski definition) is 7. The maximum absolute atomic E-state index is 12.3. The maximum Gasteiger partial charge on any atom is 0.323 e. The Labute approximate surface area is 151 Å². The van der Waals surface area contributed by atoms with Gasteiger partial charge in [0, 0.05) is 31.6 Å². The molecule has 9 nitrogen and oxygen atoms in total. The molecular weight excluding hydrogens is 368 g/mol. The van der Waals surface area contributed by atoms with Gasteiger partial charge in [-0.3, -0.25) is 10.1 Å². The molecular formula is C14H22N4O5S2. The monoisotopic (exact) mass is 390 g/mol. The Bertz CT molecular complexity index is 719. The highest BCUT2D eigenvalue weighted by atomic mass is 32.2. The molecule has 0 unspecified atom stereocenters. The Kier molecular flexibility index (Phi) is 6.73. The Hall–Kier alpha value is -1.72. The summed E-state index contributed by atoms with van der Waals surface area (Å²) in [5.41, 5.74) is 0.540. The average molecular weight is 390 g/mol. The first-order chi connectivity index (χ1) is 11.8. The van der Waals surface area contributed by atoms with Crippen molar-refractivity contribution in [3.05, 3.63) is 11.1 Å². The fourth-order valence-electron chi connectivity index (χ4n) is 2.40. The van der Waals surface area contributed by atoms with Gasteiger partial charge in [0.2, 0.25) is 10.0 Å². The number of carbonyl (C=O) groups is 2. The molecule has 1 saturated heterocycles. The Morgan fingerprint density at radius 2 is 2.08 bits per heavy atom. The standard InChI is InChI=1S/C14H22N4O5S2/c1-3-23-12(19)9-11-10-24-13(15-11)16-14(20)17-5-4-6-18(8-7-17)25(2,21)22/h10H,3-9H2,1-2H3,(H,15,16,20). The number of urea groups is 1. The van der Waals surface area contributed by atoms with Crippen molar-refractivity contribution in [1.82, 2.24) is 14.2 Å². The zero-order valence-electron chi connectivity index (χ0n) is 14.2. The highest BCUT2D eigenvalue weighted by molar-refractivity contribution is 7.88. The Balaban J connectivity index is 1.89. The van der Waals surface area contributed by atoms with E-state index < -0.39 is 10.0 Å². The second kappa shape index (κ2) is 8.59. The van der Waals surface area contributed by atoms with E-state index in [1.54, 1.807) is 17.2 Å². The van der Waals surface area contributed by atoms with Crippen LogP contribution in [-0.4, -0.2) is 73.6 Å². The molecule has 2 rings (SSSR count). The summed E-state index contributed by atoms with van der Waals surface area (Å²) in [6, 6.07) is -0.326. The van der Waals surface area contributed by atoms with Gasteiger partial charge in [0.05, 0.1) is 25.0 Å². The van der Waals surface area contributed by atoms with Crippen LogP contribution in [0, 0.1) is 0 Å². The average Bonchev–Trinajstić information content (AvgIpc) is 2.80. The number of amides is 2. The summed E-state index contributed by atoms with van der Waals surface area (Å²) in [5, 5.41) is 4.78. The van der Waals surface area contributed by atoms with E-state index in [-0.39, 0.29) is 25.0 Å². The van der Waals surface area contributed by atoms with E-state index in [1.165, 1.54) is 21.9 Å². The highest BCUT2D eigenvalue weighted by Crippen LogP contribution is 2.17. The molecule has 0 radical (unpaired) electrons. The van der Waals surface area contributed by atoms with Crippen LogP contribution in [-0.2, 0) is 26.0 Å². The van der Waals surface area contributed by atoms with Crippen molar-refractivity contribution in [2.75, 3.05) is 44.4 Å². The number of anilines is 1. The van der Waals surface area contributed by atoms with E-state index in [0.29, 0.717) is 43.5 Å². The molecule has 0 atom stereocenters. The van der Waals surface area contributed by atoms with Gasteiger partial charge in [0.15, 0.2) is 5.13 Å². The Morgan fingerprint density at radius 3 is 2.76 bits per heavy atom. The van der Waals surface area contributed by atoms with Crippen molar-refractivity contribution in [3.63, 3.8) is 0 Å². The van der Waals surface area contributed by atoms with Crippen LogP contribution >= 0.6 is 11.3 Å². The number of carbonyl (C=O) groups excluding carboxylic acids is 2. The van der Waals surface area contributed by atoms with Gasteiger partial charge in [-0.25, -0.2) is 22.5 Å². The van der Waals surface area contributed by atoms with E-state index in [9.17, 15) is 18.0 Å². The van der Waals surface area contributed by atoms with Crippen LogP contribution in [0.3, 0.4) is 0 Å². The van der Waals surface area contributed by atoms with Gasteiger partial charge >= 0.3 is 12.0 Å². The molecule has 1 aromatic rings. The quantitative estimate of drug-likeness (QED) is 0.743. The molecule has 1 N–H and O–H groups in total. The maximum atomic E-state index is 12.3. The highest BCUT2D eigenvalue weighted by Gasteiger charge is 2.24. The van der Waals surface area contributed by atoms with E-state index in [0.717, 1.165) is 0 Å². The SMILES string of the molecule is CCOC(=O)Cc1csc(NC(=O)N2CCCN(S(C)(=O)=O)CC2)n1. The lowest BCUT2D eigenvalue weighted by atomic mass is 10.3. The van der Waals surface area contributed by atoms with Crippen LogP contribution in [0.4, 0.5) is 9.93 Å². The summed E-state index contributed by atoms with van der Waals surface area (Å²) < 4.78 is 29.4. The summed E-state index contributed by atoms with van der Waals surface area (Å²) in [5.74, 6) is -0.362. The van der Waals surface area contributed by atoms with E-state index in [2.05, 4.69) is 10.3 Å². The fraction of sp³-hybridized carbons (Fsp3) is 0.643.